The number of nitrogens with zero attached hydrogens (tertiary/aromatic N) is 1. The fraction of sp³-hybridized carbons (Fsp3) is 0.500. The van der Waals surface area contributed by atoms with Crippen molar-refractivity contribution in [1.29, 1.82) is 0 Å². The molecule has 1 fully saturated rings. The Kier molecular flexibility index (Phi) is 4.04. The lowest BCUT2D eigenvalue weighted by Gasteiger charge is -2.34. The summed E-state index contributed by atoms with van der Waals surface area (Å²) < 4.78 is 32.1. The van der Waals surface area contributed by atoms with Gasteiger partial charge < -0.3 is 10.5 Å². The van der Waals surface area contributed by atoms with Crippen LogP contribution in [0.3, 0.4) is 0 Å². The van der Waals surface area contributed by atoms with Crippen LogP contribution in [0, 0.1) is 11.6 Å². The van der Waals surface area contributed by atoms with E-state index in [0.717, 1.165) is 12.1 Å². The molecule has 5 heteroatoms. The number of hydrogen-bond donors (Lipinski definition) is 1. The first-order chi connectivity index (χ1) is 8.22. The molecule has 2 rings (SSSR count). The molecule has 1 aliphatic heterocycles. The van der Waals surface area contributed by atoms with Gasteiger partial charge in [0, 0.05) is 25.2 Å². The van der Waals surface area contributed by atoms with Crippen molar-refractivity contribution in [3.05, 3.63) is 35.4 Å². The standard InChI is InChI=1S/C12H16F2N2O/c13-9-1-2-11(14)10(7-9)12(8-15)16-3-5-17-6-4-16/h1-2,7,12H,3-6,8,15H2/t12-/m0/s1. The summed E-state index contributed by atoms with van der Waals surface area (Å²) in [7, 11) is 0. The third-order valence-electron chi connectivity index (χ3n) is 3.03. The van der Waals surface area contributed by atoms with E-state index in [1.165, 1.54) is 6.07 Å². The van der Waals surface area contributed by atoms with Gasteiger partial charge in [-0.2, -0.15) is 0 Å². The lowest BCUT2D eigenvalue weighted by molar-refractivity contribution is 0.0171. The van der Waals surface area contributed by atoms with Crippen LogP contribution in [-0.2, 0) is 4.74 Å². The van der Waals surface area contributed by atoms with Crippen LogP contribution in [0.25, 0.3) is 0 Å². The summed E-state index contributed by atoms with van der Waals surface area (Å²) in [6.45, 7) is 2.86. The Morgan fingerprint density at radius 2 is 2.00 bits per heavy atom. The first-order valence-corrected chi connectivity index (χ1v) is 5.69. The molecule has 1 atom stereocenters. The minimum Gasteiger partial charge on any atom is -0.379 e. The Labute approximate surface area is 99.2 Å². The van der Waals surface area contributed by atoms with Gasteiger partial charge in [0.2, 0.25) is 0 Å². The smallest absolute Gasteiger partial charge is 0.128 e. The predicted octanol–water partition coefficient (Wildman–Crippen LogP) is 1.30. The first-order valence-electron chi connectivity index (χ1n) is 5.69. The molecule has 2 N–H and O–H groups in total. The van der Waals surface area contributed by atoms with Gasteiger partial charge in [0.05, 0.1) is 19.3 Å². The number of rotatable bonds is 3. The maximum Gasteiger partial charge on any atom is 0.128 e. The zero-order valence-electron chi connectivity index (χ0n) is 9.53. The Morgan fingerprint density at radius 3 is 2.65 bits per heavy atom. The molecule has 0 aromatic heterocycles. The number of halogens is 2. The molecule has 1 heterocycles. The average molecular weight is 242 g/mol. The van der Waals surface area contributed by atoms with Gasteiger partial charge >= 0.3 is 0 Å². The molecular weight excluding hydrogens is 226 g/mol. The SMILES string of the molecule is NC[C@@H](c1cc(F)ccc1F)N1CCOCC1. The second-order valence-corrected chi connectivity index (χ2v) is 4.07. The lowest BCUT2D eigenvalue weighted by Crippen LogP contribution is -2.42. The fourth-order valence-electron chi connectivity index (χ4n) is 2.13. The van der Waals surface area contributed by atoms with E-state index in [9.17, 15) is 8.78 Å². The van der Waals surface area contributed by atoms with Gasteiger partial charge in [-0.1, -0.05) is 0 Å². The summed E-state index contributed by atoms with van der Waals surface area (Å²) >= 11 is 0. The van der Waals surface area contributed by atoms with Gasteiger partial charge in [0.15, 0.2) is 0 Å². The van der Waals surface area contributed by atoms with Gasteiger partial charge in [-0.25, -0.2) is 8.78 Å². The third kappa shape index (κ3) is 2.80. The highest BCUT2D eigenvalue weighted by molar-refractivity contribution is 5.23. The molecule has 1 aromatic rings. The van der Waals surface area contributed by atoms with Crippen LogP contribution >= 0.6 is 0 Å². The maximum atomic E-state index is 13.7. The fourth-order valence-corrected chi connectivity index (χ4v) is 2.13. The predicted molar refractivity (Wildman–Crippen MR) is 60.5 cm³/mol. The van der Waals surface area contributed by atoms with Crippen molar-refractivity contribution >= 4 is 0 Å². The number of hydrogen-bond acceptors (Lipinski definition) is 3. The van der Waals surface area contributed by atoms with Crippen molar-refractivity contribution < 1.29 is 13.5 Å². The van der Waals surface area contributed by atoms with E-state index in [1.807, 2.05) is 4.90 Å². The lowest BCUT2D eigenvalue weighted by atomic mass is 10.0. The Bertz CT molecular complexity index is 381. The Hall–Kier alpha value is -1.04. The van der Waals surface area contributed by atoms with E-state index in [-0.39, 0.29) is 12.6 Å². The van der Waals surface area contributed by atoms with Crippen molar-refractivity contribution in [3.63, 3.8) is 0 Å². The van der Waals surface area contributed by atoms with Crippen LogP contribution in [0.15, 0.2) is 18.2 Å². The van der Waals surface area contributed by atoms with Gasteiger partial charge in [-0.15, -0.1) is 0 Å². The molecular formula is C12H16F2N2O. The Balaban J connectivity index is 2.24. The van der Waals surface area contributed by atoms with Crippen molar-refractivity contribution in [2.45, 2.75) is 6.04 Å². The molecule has 1 aromatic carbocycles. The van der Waals surface area contributed by atoms with E-state index in [1.54, 1.807) is 0 Å². The van der Waals surface area contributed by atoms with Crippen LogP contribution in [0.2, 0.25) is 0 Å². The second-order valence-electron chi connectivity index (χ2n) is 4.07. The Morgan fingerprint density at radius 1 is 1.29 bits per heavy atom. The molecule has 1 aliphatic rings. The average Bonchev–Trinajstić information content (AvgIpc) is 2.36. The molecule has 0 amide bonds. The number of benzene rings is 1. The van der Waals surface area contributed by atoms with Crippen LogP contribution in [0.4, 0.5) is 8.78 Å². The topological polar surface area (TPSA) is 38.5 Å². The van der Waals surface area contributed by atoms with Crippen LogP contribution in [0.5, 0.6) is 0 Å². The monoisotopic (exact) mass is 242 g/mol. The first kappa shape index (κ1) is 12.4. The molecule has 0 radical (unpaired) electrons. The highest BCUT2D eigenvalue weighted by atomic mass is 19.1. The van der Waals surface area contributed by atoms with Gasteiger partial charge in [-0.3, -0.25) is 4.90 Å². The van der Waals surface area contributed by atoms with Crippen molar-refractivity contribution in [3.8, 4) is 0 Å². The summed E-state index contributed by atoms with van der Waals surface area (Å²) in [6, 6.07) is 3.21. The zero-order chi connectivity index (χ0) is 12.3. The summed E-state index contributed by atoms with van der Waals surface area (Å²) in [5.41, 5.74) is 6.01. The zero-order valence-corrected chi connectivity index (χ0v) is 9.53. The molecule has 0 unspecified atom stereocenters. The van der Waals surface area contributed by atoms with Crippen LogP contribution in [-0.4, -0.2) is 37.7 Å². The van der Waals surface area contributed by atoms with Gasteiger partial charge in [0.25, 0.3) is 0 Å². The summed E-state index contributed by atoms with van der Waals surface area (Å²) in [5, 5.41) is 0. The van der Waals surface area contributed by atoms with Crippen LogP contribution in [0.1, 0.15) is 11.6 Å². The minimum atomic E-state index is -0.437. The molecule has 3 nitrogen and oxygen atoms in total. The quantitative estimate of drug-likeness (QED) is 0.868. The van der Waals surface area contributed by atoms with E-state index in [4.69, 9.17) is 10.5 Å². The van der Waals surface area contributed by atoms with Crippen molar-refractivity contribution in [1.82, 2.24) is 4.90 Å². The summed E-state index contributed by atoms with van der Waals surface area (Å²) in [6.07, 6.45) is 0. The van der Waals surface area contributed by atoms with Crippen molar-refractivity contribution in [2.75, 3.05) is 32.8 Å². The minimum absolute atomic E-state index is 0.264. The highest BCUT2D eigenvalue weighted by Crippen LogP contribution is 2.24. The summed E-state index contributed by atoms with van der Waals surface area (Å²) in [4.78, 5) is 2.03. The maximum absolute atomic E-state index is 13.7. The van der Waals surface area contributed by atoms with E-state index >= 15 is 0 Å². The number of nitrogens with two attached hydrogens (primary N) is 1. The molecule has 0 spiro atoms. The molecule has 1 saturated heterocycles. The van der Waals surface area contributed by atoms with E-state index < -0.39 is 11.6 Å². The second kappa shape index (κ2) is 5.53. The highest BCUT2D eigenvalue weighted by Gasteiger charge is 2.24. The van der Waals surface area contributed by atoms with Gasteiger partial charge in [-0.05, 0) is 18.2 Å². The molecule has 0 saturated carbocycles. The largest absolute Gasteiger partial charge is 0.379 e. The molecule has 0 aliphatic carbocycles. The normalized spacial score (nSPS) is 19.2. The van der Waals surface area contributed by atoms with Crippen LogP contribution < -0.4 is 5.73 Å². The van der Waals surface area contributed by atoms with Crippen molar-refractivity contribution in [2.24, 2.45) is 5.73 Å². The molecule has 94 valence electrons. The third-order valence-corrected chi connectivity index (χ3v) is 3.03. The molecule has 0 bridgehead atoms. The molecule has 17 heavy (non-hydrogen) atoms. The van der Waals surface area contributed by atoms with Gasteiger partial charge in [0.1, 0.15) is 11.6 Å². The summed E-state index contributed by atoms with van der Waals surface area (Å²) in [5.74, 6) is -0.846. The van der Waals surface area contributed by atoms with E-state index in [2.05, 4.69) is 0 Å². The number of ether oxygens (including phenoxy) is 1. The number of morpholine rings is 1. The van der Waals surface area contributed by atoms with E-state index in [0.29, 0.717) is 31.9 Å².